The van der Waals surface area contributed by atoms with Crippen LogP contribution in [0.15, 0.2) is 18.2 Å². The summed E-state index contributed by atoms with van der Waals surface area (Å²) in [5, 5.41) is 15.0. The minimum atomic E-state index is -1.04. The smallest absolute Gasteiger partial charge is 0.162 e. The molecule has 0 aliphatic rings. The summed E-state index contributed by atoms with van der Waals surface area (Å²) in [5.41, 5.74) is 1.24. The van der Waals surface area contributed by atoms with Gasteiger partial charge in [0, 0.05) is 19.0 Å². The van der Waals surface area contributed by atoms with E-state index in [4.69, 9.17) is 11.6 Å². The molecule has 1 N–H and O–H groups in total. The molecular formula is C15H17ClF2N2O. The Kier molecular flexibility index (Phi) is 4.64. The van der Waals surface area contributed by atoms with Crippen molar-refractivity contribution in [3.63, 3.8) is 0 Å². The van der Waals surface area contributed by atoms with Crippen molar-refractivity contribution in [3.8, 4) is 0 Å². The zero-order chi connectivity index (χ0) is 15.7. The lowest BCUT2D eigenvalue weighted by atomic mass is 9.97. The number of rotatable bonds is 4. The molecule has 0 saturated carbocycles. The van der Waals surface area contributed by atoms with Gasteiger partial charge in [-0.2, -0.15) is 5.10 Å². The van der Waals surface area contributed by atoms with Crippen LogP contribution in [0.4, 0.5) is 8.78 Å². The molecule has 1 aromatic carbocycles. The molecule has 1 atom stereocenters. The number of halogens is 3. The first-order valence-electron chi connectivity index (χ1n) is 6.66. The Hall–Kier alpha value is -1.46. The highest BCUT2D eigenvalue weighted by atomic mass is 35.5. The van der Waals surface area contributed by atoms with Crippen molar-refractivity contribution in [3.05, 3.63) is 51.8 Å². The summed E-state index contributed by atoms with van der Waals surface area (Å²) in [4.78, 5) is 0. The van der Waals surface area contributed by atoms with Crippen molar-refractivity contribution in [2.45, 2.75) is 32.3 Å². The van der Waals surface area contributed by atoms with Crippen molar-refractivity contribution in [2.75, 3.05) is 0 Å². The largest absolute Gasteiger partial charge is 0.388 e. The third-order valence-electron chi connectivity index (χ3n) is 3.36. The average Bonchev–Trinajstić information content (AvgIpc) is 2.72. The highest BCUT2D eigenvalue weighted by Crippen LogP contribution is 2.33. The Morgan fingerprint density at radius 1 is 1.33 bits per heavy atom. The van der Waals surface area contributed by atoms with Crippen molar-refractivity contribution < 1.29 is 13.9 Å². The average molecular weight is 315 g/mol. The minimum Gasteiger partial charge on any atom is -0.388 e. The van der Waals surface area contributed by atoms with Crippen LogP contribution in [-0.4, -0.2) is 14.9 Å². The maximum absolute atomic E-state index is 13.7. The van der Waals surface area contributed by atoms with Crippen LogP contribution in [0.2, 0.25) is 5.15 Å². The summed E-state index contributed by atoms with van der Waals surface area (Å²) in [6, 6.07) is 3.90. The monoisotopic (exact) mass is 314 g/mol. The maximum Gasteiger partial charge on any atom is 0.162 e. The van der Waals surface area contributed by atoms with Crippen molar-refractivity contribution in [2.24, 2.45) is 7.05 Å². The van der Waals surface area contributed by atoms with Gasteiger partial charge in [0.05, 0.1) is 11.8 Å². The van der Waals surface area contributed by atoms with E-state index in [1.807, 2.05) is 13.8 Å². The summed E-state index contributed by atoms with van der Waals surface area (Å²) in [6.07, 6.45) is -1.10. The fourth-order valence-electron chi connectivity index (χ4n) is 2.29. The van der Waals surface area contributed by atoms with Gasteiger partial charge in [0.25, 0.3) is 0 Å². The number of benzene rings is 1. The van der Waals surface area contributed by atoms with E-state index < -0.39 is 17.7 Å². The van der Waals surface area contributed by atoms with Crippen LogP contribution in [0.5, 0.6) is 0 Å². The van der Waals surface area contributed by atoms with Gasteiger partial charge in [-0.3, -0.25) is 4.68 Å². The van der Waals surface area contributed by atoms with Crippen molar-refractivity contribution in [1.82, 2.24) is 9.78 Å². The minimum absolute atomic E-state index is 0.0608. The molecule has 0 aliphatic carbocycles. The second kappa shape index (κ2) is 6.12. The van der Waals surface area contributed by atoms with Gasteiger partial charge in [-0.15, -0.1) is 0 Å². The molecule has 2 aromatic rings. The first kappa shape index (κ1) is 15.9. The number of aliphatic hydroxyl groups is 1. The lowest BCUT2D eigenvalue weighted by Crippen LogP contribution is -2.07. The molecule has 1 heterocycles. The summed E-state index contributed by atoms with van der Waals surface area (Å²) < 4.78 is 28.4. The van der Waals surface area contributed by atoms with E-state index in [9.17, 15) is 13.9 Å². The van der Waals surface area contributed by atoms with Gasteiger partial charge in [-0.25, -0.2) is 8.78 Å². The summed E-state index contributed by atoms with van der Waals surface area (Å²) >= 11 is 6.16. The van der Waals surface area contributed by atoms with Crippen molar-refractivity contribution in [1.29, 1.82) is 0 Å². The summed E-state index contributed by atoms with van der Waals surface area (Å²) in [6.45, 7) is 3.86. The maximum atomic E-state index is 13.7. The number of aliphatic hydroxyl groups excluding tert-OH is 1. The predicted molar refractivity (Wildman–Crippen MR) is 77.3 cm³/mol. The molecule has 1 aromatic heterocycles. The van der Waals surface area contributed by atoms with Gasteiger partial charge in [-0.1, -0.05) is 37.6 Å². The molecular weight excluding hydrogens is 298 g/mol. The number of hydrogen-bond acceptors (Lipinski definition) is 2. The molecule has 0 fully saturated rings. The van der Waals surface area contributed by atoms with Crippen LogP contribution in [0, 0.1) is 11.6 Å². The quantitative estimate of drug-likeness (QED) is 0.933. The third-order valence-corrected chi connectivity index (χ3v) is 3.81. The predicted octanol–water partition coefficient (Wildman–Crippen LogP) is 3.75. The molecule has 1 unspecified atom stereocenters. The number of aryl methyl sites for hydroxylation is 1. The van der Waals surface area contributed by atoms with Gasteiger partial charge in [0.15, 0.2) is 11.6 Å². The van der Waals surface area contributed by atoms with Crippen LogP contribution in [0.25, 0.3) is 0 Å². The van der Waals surface area contributed by atoms with E-state index >= 15 is 0 Å². The fraction of sp³-hybridized carbons (Fsp3) is 0.400. The molecule has 6 heteroatoms. The van der Waals surface area contributed by atoms with Gasteiger partial charge < -0.3 is 5.11 Å². The lowest BCUT2D eigenvalue weighted by Gasteiger charge is -2.14. The number of nitrogens with zero attached hydrogens (tertiary/aromatic N) is 2. The number of hydrogen-bond donors (Lipinski definition) is 1. The topological polar surface area (TPSA) is 38.0 Å². The summed E-state index contributed by atoms with van der Waals surface area (Å²) in [7, 11) is 1.67. The van der Waals surface area contributed by atoms with Crippen LogP contribution in [-0.2, 0) is 13.5 Å². The Morgan fingerprint density at radius 3 is 2.62 bits per heavy atom. The van der Waals surface area contributed by atoms with Gasteiger partial charge >= 0.3 is 0 Å². The Bertz CT molecular complexity index is 655. The van der Waals surface area contributed by atoms with Crippen LogP contribution in [0.3, 0.4) is 0 Å². The Balaban J connectivity index is 2.37. The van der Waals surface area contributed by atoms with Crippen LogP contribution >= 0.6 is 11.6 Å². The first-order chi connectivity index (χ1) is 9.82. The van der Waals surface area contributed by atoms with E-state index in [-0.39, 0.29) is 17.9 Å². The Morgan fingerprint density at radius 2 is 2.00 bits per heavy atom. The molecule has 114 valence electrons. The van der Waals surface area contributed by atoms with E-state index in [0.29, 0.717) is 16.4 Å². The Labute approximate surface area is 127 Å². The molecule has 0 aliphatic heterocycles. The molecule has 0 amide bonds. The van der Waals surface area contributed by atoms with Crippen molar-refractivity contribution >= 4 is 11.6 Å². The lowest BCUT2D eigenvalue weighted by molar-refractivity contribution is 0.175. The highest BCUT2D eigenvalue weighted by Gasteiger charge is 2.24. The van der Waals surface area contributed by atoms with Gasteiger partial charge in [0.2, 0.25) is 0 Å². The normalized spacial score (nSPS) is 13.0. The molecule has 2 rings (SSSR count). The van der Waals surface area contributed by atoms with E-state index in [2.05, 4.69) is 5.10 Å². The first-order valence-corrected chi connectivity index (χ1v) is 7.04. The van der Waals surface area contributed by atoms with E-state index in [1.165, 1.54) is 16.8 Å². The van der Waals surface area contributed by atoms with Gasteiger partial charge in [-0.05, 0) is 17.5 Å². The molecule has 0 radical (unpaired) electrons. The van der Waals surface area contributed by atoms with Crippen LogP contribution in [0.1, 0.15) is 42.7 Å². The SMILES string of the molecule is CC(C)c1nn(C)c(Cl)c1C(O)Cc1cccc(F)c1F. The fourth-order valence-corrected chi connectivity index (χ4v) is 2.55. The molecule has 21 heavy (non-hydrogen) atoms. The second-order valence-corrected chi connectivity index (χ2v) is 5.66. The standard InChI is InChI=1S/C15H17ClF2N2O/c1-8(2)14-12(15(16)20(3)19-14)11(21)7-9-5-4-6-10(17)13(9)18/h4-6,8,11,21H,7H2,1-3H3. The van der Waals surface area contributed by atoms with E-state index in [0.717, 1.165) is 6.07 Å². The number of aromatic nitrogens is 2. The summed E-state index contributed by atoms with van der Waals surface area (Å²) in [5.74, 6) is -1.81. The molecule has 0 saturated heterocycles. The molecule has 0 spiro atoms. The van der Waals surface area contributed by atoms with E-state index in [1.54, 1.807) is 7.05 Å². The second-order valence-electron chi connectivity index (χ2n) is 5.30. The highest BCUT2D eigenvalue weighted by molar-refractivity contribution is 6.30. The zero-order valence-electron chi connectivity index (χ0n) is 12.1. The van der Waals surface area contributed by atoms with Gasteiger partial charge in [0.1, 0.15) is 5.15 Å². The van der Waals surface area contributed by atoms with Crippen LogP contribution < -0.4 is 0 Å². The molecule has 0 bridgehead atoms. The zero-order valence-corrected chi connectivity index (χ0v) is 12.8. The third kappa shape index (κ3) is 3.09. The molecule has 3 nitrogen and oxygen atoms in total.